The minimum atomic E-state index is -0.865. The van der Waals surface area contributed by atoms with Crippen molar-refractivity contribution in [3.05, 3.63) is 53.1 Å². The summed E-state index contributed by atoms with van der Waals surface area (Å²) < 4.78 is 5.69. The number of nitrogens with zero attached hydrogens (tertiary/aromatic N) is 1. The summed E-state index contributed by atoms with van der Waals surface area (Å²) in [7, 11) is 0. The third-order valence-electron chi connectivity index (χ3n) is 3.37. The molecule has 0 bridgehead atoms. The zero-order valence-corrected chi connectivity index (χ0v) is 16.1. The first-order valence-electron chi connectivity index (χ1n) is 6.44. The Morgan fingerprint density at radius 3 is 2.55 bits per heavy atom. The second-order valence-electron chi connectivity index (χ2n) is 4.81. The molecule has 0 aliphatic carbocycles. The Bertz CT molecular complexity index is 814. The van der Waals surface area contributed by atoms with Crippen molar-refractivity contribution in [2.45, 2.75) is 12.8 Å². The molecular formula is C16H12ClKNO3. The van der Waals surface area contributed by atoms with Crippen molar-refractivity contribution in [3.8, 4) is 11.5 Å². The first kappa shape index (κ1) is 17.7. The van der Waals surface area contributed by atoms with E-state index in [1.807, 2.05) is 12.1 Å². The normalized spacial score (nSPS) is 11.9. The van der Waals surface area contributed by atoms with Gasteiger partial charge < -0.3 is 9.52 Å². The second-order valence-corrected chi connectivity index (χ2v) is 5.25. The molecule has 107 valence electrons. The van der Waals surface area contributed by atoms with E-state index in [9.17, 15) is 4.79 Å². The molecule has 0 spiro atoms. The summed E-state index contributed by atoms with van der Waals surface area (Å²) >= 11 is 5.86. The van der Waals surface area contributed by atoms with Gasteiger partial charge in [-0.15, -0.1) is 0 Å². The van der Waals surface area contributed by atoms with E-state index in [0.29, 0.717) is 27.6 Å². The molecule has 1 aromatic heterocycles. The number of oxazole rings is 1. The van der Waals surface area contributed by atoms with Gasteiger partial charge in [-0.2, -0.15) is 0 Å². The van der Waals surface area contributed by atoms with E-state index in [1.165, 1.54) is 0 Å². The number of hydrogen-bond donors (Lipinski definition) is 1. The fourth-order valence-electron chi connectivity index (χ4n) is 2.07. The molecule has 1 N–H and O–H groups in total. The van der Waals surface area contributed by atoms with Crippen molar-refractivity contribution in [1.82, 2.24) is 4.98 Å². The topological polar surface area (TPSA) is 63.3 Å². The number of rotatable bonds is 3. The van der Waals surface area contributed by atoms with Crippen LogP contribution in [0.5, 0.6) is 0 Å². The summed E-state index contributed by atoms with van der Waals surface area (Å²) in [6.45, 7) is 1.64. The molecule has 1 atom stereocenters. The first-order valence-corrected chi connectivity index (χ1v) is 6.81. The third kappa shape index (κ3) is 3.61. The zero-order chi connectivity index (χ0) is 15.0. The van der Waals surface area contributed by atoms with Gasteiger partial charge in [-0.05, 0) is 48.9 Å². The van der Waals surface area contributed by atoms with Crippen LogP contribution in [0.1, 0.15) is 18.4 Å². The van der Waals surface area contributed by atoms with Crippen molar-refractivity contribution in [2.75, 3.05) is 0 Å². The van der Waals surface area contributed by atoms with Gasteiger partial charge in [0.05, 0.1) is 5.92 Å². The first-order chi connectivity index (χ1) is 10.0. The molecule has 0 saturated carbocycles. The van der Waals surface area contributed by atoms with Crippen LogP contribution >= 0.6 is 11.6 Å². The predicted octanol–water partition coefficient (Wildman–Crippen LogP) is 3.96. The third-order valence-corrected chi connectivity index (χ3v) is 3.63. The average molecular weight is 341 g/mol. The minimum Gasteiger partial charge on any atom is -0.481 e. The summed E-state index contributed by atoms with van der Waals surface area (Å²) in [5.41, 5.74) is 2.79. The quantitative estimate of drug-likeness (QED) is 0.733. The number of carboxylic acids is 1. The SMILES string of the molecule is CC(C(=O)O)c1ccc2oc(-c3ccc(Cl)cc3)nc2c1.[K]. The van der Waals surface area contributed by atoms with Crippen LogP contribution in [0.25, 0.3) is 22.6 Å². The van der Waals surface area contributed by atoms with Crippen LogP contribution in [0.4, 0.5) is 0 Å². The predicted molar refractivity (Wildman–Crippen MR) is 86.3 cm³/mol. The molecule has 0 fully saturated rings. The van der Waals surface area contributed by atoms with Crippen LogP contribution in [0.3, 0.4) is 0 Å². The molecule has 3 rings (SSSR count). The molecule has 4 nitrogen and oxygen atoms in total. The minimum absolute atomic E-state index is 0. The Kier molecular flexibility index (Phi) is 5.82. The van der Waals surface area contributed by atoms with Crippen LogP contribution in [-0.2, 0) is 4.79 Å². The van der Waals surface area contributed by atoms with Crippen molar-refractivity contribution >= 4 is 80.1 Å². The van der Waals surface area contributed by atoms with E-state index in [0.717, 1.165) is 5.56 Å². The Hall–Kier alpha value is -0.694. The average Bonchev–Trinajstić information content (AvgIpc) is 2.89. The molecule has 3 aromatic rings. The summed E-state index contributed by atoms with van der Waals surface area (Å²) in [4.78, 5) is 15.5. The molecular weight excluding hydrogens is 329 g/mol. The number of aliphatic carboxylic acids is 1. The van der Waals surface area contributed by atoms with E-state index < -0.39 is 11.9 Å². The summed E-state index contributed by atoms with van der Waals surface area (Å²) in [5, 5.41) is 9.71. The van der Waals surface area contributed by atoms with Crippen molar-refractivity contribution < 1.29 is 14.3 Å². The molecule has 22 heavy (non-hydrogen) atoms. The molecule has 2 aromatic carbocycles. The van der Waals surface area contributed by atoms with Crippen LogP contribution in [0.2, 0.25) is 5.02 Å². The largest absolute Gasteiger partial charge is 0.481 e. The maximum atomic E-state index is 11.0. The van der Waals surface area contributed by atoms with Crippen LogP contribution in [-0.4, -0.2) is 67.4 Å². The summed E-state index contributed by atoms with van der Waals surface area (Å²) in [6, 6.07) is 12.4. The fraction of sp³-hybridized carbons (Fsp3) is 0.125. The number of halogens is 1. The summed E-state index contributed by atoms with van der Waals surface area (Å²) in [5.74, 6) is -0.956. The Morgan fingerprint density at radius 1 is 1.23 bits per heavy atom. The maximum absolute atomic E-state index is 11.0. The van der Waals surface area contributed by atoms with E-state index in [1.54, 1.807) is 37.3 Å². The van der Waals surface area contributed by atoms with Gasteiger partial charge in [0.2, 0.25) is 5.89 Å². The molecule has 0 aliphatic heterocycles. The fourth-order valence-corrected chi connectivity index (χ4v) is 2.20. The molecule has 0 aliphatic rings. The van der Waals surface area contributed by atoms with Gasteiger partial charge >= 0.3 is 5.97 Å². The van der Waals surface area contributed by atoms with Gasteiger partial charge in [-0.1, -0.05) is 17.7 Å². The second kappa shape index (κ2) is 7.25. The van der Waals surface area contributed by atoms with Crippen LogP contribution < -0.4 is 0 Å². The maximum Gasteiger partial charge on any atom is 0.310 e. The standard InChI is InChI=1S/C16H12ClNO3.K/c1-9(16(19)20)11-4-7-14-13(8-11)18-15(21-14)10-2-5-12(17)6-3-10;/h2-9H,1H3,(H,19,20);. The van der Waals surface area contributed by atoms with E-state index in [-0.39, 0.29) is 51.4 Å². The number of aromatic nitrogens is 1. The number of carbonyl (C=O) groups is 1. The monoisotopic (exact) mass is 340 g/mol. The summed E-state index contributed by atoms with van der Waals surface area (Å²) in [6.07, 6.45) is 0. The van der Waals surface area contributed by atoms with E-state index >= 15 is 0 Å². The smallest absolute Gasteiger partial charge is 0.310 e. The number of fused-ring (bicyclic) bond motifs is 1. The Balaban J connectivity index is 0.00000176. The number of hydrogen-bond acceptors (Lipinski definition) is 3. The van der Waals surface area contributed by atoms with Crippen molar-refractivity contribution in [3.63, 3.8) is 0 Å². The van der Waals surface area contributed by atoms with E-state index in [4.69, 9.17) is 21.1 Å². The van der Waals surface area contributed by atoms with Gasteiger partial charge in [0.1, 0.15) is 5.52 Å². The Labute approximate surface area is 174 Å². The Morgan fingerprint density at radius 2 is 1.91 bits per heavy atom. The van der Waals surface area contributed by atoms with Gasteiger partial charge in [-0.25, -0.2) is 4.98 Å². The zero-order valence-electron chi connectivity index (χ0n) is 12.2. The van der Waals surface area contributed by atoms with Gasteiger partial charge in [0.15, 0.2) is 5.58 Å². The van der Waals surface area contributed by atoms with Gasteiger partial charge in [0, 0.05) is 62.0 Å². The molecule has 1 radical (unpaired) electrons. The molecule has 0 saturated heterocycles. The van der Waals surface area contributed by atoms with Gasteiger partial charge in [-0.3, -0.25) is 4.79 Å². The van der Waals surface area contributed by atoms with Crippen molar-refractivity contribution in [2.24, 2.45) is 0 Å². The molecule has 0 amide bonds. The molecule has 6 heteroatoms. The van der Waals surface area contributed by atoms with Crippen molar-refractivity contribution in [1.29, 1.82) is 0 Å². The van der Waals surface area contributed by atoms with Crippen LogP contribution in [0, 0.1) is 0 Å². The van der Waals surface area contributed by atoms with Crippen LogP contribution in [0.15, 0.2) is 46.9 Å². The van der Waals surface area contributed by atoms with Gasteiger partial charge in [0.25, 0.3) is 0 Å². The number of benzene rings is 2. The van der Waals surface area contributed by atoms with E-state index in [2.05, 4.69) is 4.98 Å². The number of carboxylic acid groups (broad SMARTS) is 1. The molecule has 1 unspecified atom stereocenters. The molecule has 1 heterocycles.